The predicted octanol–water partition coefficient (Wildman–Crippen LogP) is 3.43. The summed E-state index contributed by atoms with van der Waals surface area (Å²) in [5.41, 5.74) is 2.19. The summed E-state index contributed by atoms with van der Waals surface area (Å²) in [6.45, 7) is 1.76. The first-order chi connectivity index (χ1) is 8.25. The highest BCUT2D eigenvalue weighted by Gasteiger charge is 2.03. The van der Waals surface area contributed by atoms with Crippen LogP contribution in [0.4, 0.5) is 0 Å². The lowest BCUT2D eigenvalue weighted by molar-refractivity contribution is 0.199. The summed E-state index contributed by atoms with van der Waals surface area (Å²) in [6.07, 6.45) is 1.31. The van der Waals surface area contributed by atoms with Crippen LogP contribution in [0.3, 0.4) is 0 Å². The van der Waals surface area contributed by atoms with Crippen LogP contribution in [0.15, 0.2) is 53.7 Å². The topological polar surface area (TPSA) is 33.1 Å². The summed E-state index contributed by atoms with van der Waals surface area (Å²) in [5.74, 6) is 0.900. The highest BCUT2D eigenvalue weighted by molar-refractivity contribution is 7.98. The van der Waals surface area contributed by atoms with Gasteiger partial charge >= 0.3 is 0 Å². The molecule has 1 atom stereocenters. The summed E-state index contributed by atoms with van der Waals surface area (Å²) in [7, 11) is 0. The molecule has 1 aromatic carbocycles. The predicted molar refractivity (Wildman–Crippen MR) is 70.9 cm³/mol. The van der Waals surface area contributed by atoms with E-state index < -0.39 is 6.10 Å². The van der Waals surface area contributed by atoms with Crippen molar-refractivity contribution >= 4 is 11.8 Å². The summed E-state index contributed by atoms with van der Waals surface area (Å²) in [6, 6.07) is 14.1. The Labute approximate surface area is 106 Å². The van der Waals surface area contributed by atoms with E-state index in [1.165, 1.54) is 5.56 Å². The molecule has 88 valence electrons. The van der Waals surface area contributed by atoms with Crippen LogP contribution in [-0.2, 0) is 5.75 Å². The van der Waals surface area contributed by atoms with E-state index in [1.54, 1.807) is 24.9 Å². The first kappa shape index (κ1) is 12.1. The van der Waals surface area contributed by atoms with Gasteiger partial charge in [-0.3, -0.25) is 0 Å². The molecular weight excluding hydrogens is 230 g/mol. The fourth-order valence-electron chi connectivity index (χ4n) is 1.50. The molecule has 0 aliphatic carbocycles. The maximum absolute atomic E-state index is 9.50. The maximum Gasteiger partial charge on any atom is 0.0966 e. The van der Waals surface area contributed by atoms with Crippen LogP contribution in [0.25, 0.3) is 0 Å². The van der Waals surface area contributed by atoms with Crippen molar-refractivity contribution in [3.63, 3.8) is 0 Å². The number of aliphatic hydroxyl groups excluding tert-OH is 1. The zero-order valence-electron chi connectivity index (χ0n) is 9.71. The molecule has 0 spiro atoms. The van der Waals surface area contributed by atoms with E-state index >= 15 is 0 Å². The molecule has 0 aliphatic heterocycles. The molecule has 0 aliphatic rings. The zero-order chi connectivity index (χ0) is 12.1. The quantitative estimate of drug-likeness (QED) is 0.838. The third kappa shape index (κ3) is 3.58. The molecule has 0 unspecified atom stereocenters. The Hall–Kier alpha value is -1.32. The number of aromatic nitrogens is 1. The van der Waals surface area contributed by atoms with Gasteiger partial charge in [0.05, 0.1) is 11.1 Å². The second kappa shape index (κ2) is 5.84. The van der Waals surface area contributed by atoms with Crippen LogP contribution < -0.4 is 0 Å². The van der Waals surface area contributed by atoms with Gasteiger partial charge < -0.3 is 5.11 Å². The lowest BCUT2D eigenvalue weighted by atomic mass is 10.2. The second-order valence-electron chi connectivity index (χ2n) is 3.88. The zero-order valence-corrected chi connectivity index (χ0v) is 10.5. The van der Waals surface area contributed by atoms with Crippen molar-refractivity contribution in [2.24, 2.45) is 0 Å². The Bertz CT molecular complexity index is 471. The summed E-state index contributed by atoms with van der Waals surface area (Å²) in [5, 5.41) is 10.4. The number of benzene rings is 1. The molecular formula is C14H15NOS. The lowest BCUT2D eigenvalue weighted by Crippen LogP contribution is -1.92. The maximum atomic E-state index is 9.50. The number of hydrogen-bond acceptors (Lipinski definition) is 3. The summed E-state index contributed by atoms with van der Waals surface area (Å²) < 4.78 is 0. The number of thioether (sulfide) groups is 1. The van der Waals surface area contributed by atoms with Gasteiger partial charge in [0.15, 0.2) is 0 Å². The Kier molecular flexibility index (Phi) is 4.18. The van der Waals surface area contributed by atoms with Gasteiger partial charge in [0.1, 0.15) is 0 Å². The highest BCUT2D eigenvalue weighted by atomic mass is 32.2. The molecule has 2 aromatic rings. The van der Waals surface area contributed by atoms with Crippen molar-refractivity contribution in [1.82, 2.24) is 4.98 Å². The molecule has 1 aromatic heterocycles. The fourth-order valence-corrected chi connectivity index (χ4v) is 2.36. The SMILES string of the molecule is C[C@H](O)c1ccnc(SCc2ccccc2)c1. The van der Waals surface area contributed by atoms with Crippen molar-refractivity contribution in [2.75, 3.05) is 0 Å². The van der Waals surface area contributed by atoms with E-state index in [2.05, 4.69) is 17.1 Å². The van der Waals surface area contributed by atoms with Crippen LogP contribution in [0.1, 0.15) is 24.2 Å². The minimum Gasteiger partial charge on any atom is -0.389 e. The van der Waals surface area contributed by atoms with Crippen molar-refractivity contribution in [1.29, 1.82) is 0 Å². The smallest absolute Gasteiger partial charge is 0.0966 e. The van der Waals surface area contributed by atoms with Crippen LogP contribution in [-0.4, -0.2) is 10.1 Å². The third-order valence-electron chi connectivity index (χ3n) is 2.47. The molecule has 1 heterocycles. The largest absolute Gasteiger partial charge is 0.389 e. The number of rotatable bonds is 4. The van der Waals surface area contributed by atoms with E-state index in [-0.39, 0.29) is 0 Å². The molecule has 2 rings (SSSR count). The summed E-state index contributed by atoms with van der Waals surface area (Å²) >= 11 is 1.68. The third-order valence-corrected chi connectivity index (χ3v) is 3.47. The highest BCUT2D eigenvalue weighted by Crippen LogP contribution is 2.23. The average Bonchev–Trinajstić information content (AvgIpc) is 2.38. The first-order valence-electron chi connectivity index (χ1n) is 5.56. The van der Waals surface area contributed by atoms with Gasteiger partial charge in [0.2, 0.25) is 0 Å². The van der Waals surface area contributed by atoms with Crippen LogP contribution in [0.2, 0.25) is 0 Å². The van der Waals surface area contributed by atoms with Gasteiger partial charge in [-0.05, 0) is 30.2 Å². The Morgan fingerprint density at radius 2 is 2.00 bits per heavy atom. The molecule has 0 saturated heterocycles. The molecule has 0 bridgehead atoms. The van der Waals surface area contributed by atoms with Crippen molar-refractivity contribution < 1.29 is 5.11 Å². The first-order valence-corrected chi connectivity index (χ1v) is 6.55. The molecule has 0 fully saturated rings. The molecule has 0 amide bonds. The minimum absolute atomic E-state index is 0.436. The van der Waals surface area contributed by atoms with E-state index in [4.69, 9.17) is 0 Å². The monoisotopic (exact) mass is 245 g/mol. The van der Waals surface area contributed by atoms with Crippen molar-refractivity contribution in [3.8, 4) is 0 Å². The van der Waals surface area contributed by atoms with Crippen molar-refractivity contribution in [3.05, 3.63) is 59.8 Å². The van der Waals surface area contributed by atoms with E-state index in [1.807, 2.05) is 30.3 Å². The van der Waals surface area contributed by atoms with Gasteiger partial charge in [0, 0.05) is 11.9 Å². The van der Waals surface area contributed by atoms with Crippen molar-refractivity contribution in [2.45, 2.75) is 23.8 Å². The lowest BCUT2D eigenvalue weighted by Gasteiger charge is -2.06. The number of nitrogens with zero attached hydrogens (tertiary/aromatic N) is 1. The Morgan fingerprint density at radius 1 is 1.24 bits per heavy atom. The molecule has 3 heteroatoms. The minimum atomic E-state index is -0.436. The molecule has 17 heavy (non-hydrogen) atoms. The van der Waals surface area contributed by atoms with E-state index in [0.717, 1.165) is 16.3 Å². The average molecular weight is 245 g/mol. The molecule has 0 saturated carbocycles. The van der Waals surface area contributed by atoms with Gasteiger partial charge in [0.25, 0.3) is 0 Å². The molecule has 0 radical (unpaired) electrons. The number of hydrogen-bond donors (Lipinski definition) is 1. The van der Waals surface area contributed by atoms with Crippen LogP contribution >= 0.6 is 11.8 Å². The van der Waals surface area contributed by atoms with Crippen LogP contribution in [0, 0.1) is 0 Å². The standard InChI is InChI=1S/C14H15NOS/c1-11(16)13-7-8-15-14(9-13)17-10-12-5-3-2-4-6-12/h2-9,11,16H,10H2,1H3/t11-/m0/s1. The van der Waals surface area contributed by atoms with E-state index in [9.17, 15) is 5.11 Å². The number of pyridine rings is 1. The normalized spacial score (nSPS) is 12.4. The molecule has 1 N–H and O–H groups in total. The van der Waals surface area contributed by atoms with Gasteiger partial charge in [-0.1, -0.05) is 30.3 Å². The van der Waals surface area contributed by atoms with Gasteiger partial charge in [-0.25, -0.2) is 4.98 Å². The Balaban J connectivity index is 2.02. The second-order valence-corrected chi connectivity index (χ2v) is 4.87. The van der Waals surface area contributed by atoms with E-state index in [0.29, 0.717) is 0 Å². The number of aliphatic hydroxyl groups is 1. The molecule has 2 nitrogen and oxygen atoms in total. The summed E-state index contributed by atoms with van der Waals surface area (Å²) in [4.78, 5) is 4.29. The Morgan fingerprint density at radius 3 is 2.71 bits per heavy atom. The van der Waals surface area contributed by atoms with Gasteiger partial charge in [-0.2, -0.15) is 0 Å². The fraction of sp³-hybridized carbons (Fsp3) is 0.214. The van der Waals surface area contributed by atoms with Gasteiger partial charge in [-0.15, -0.1) is 11.8 Å². The van der Waals surface area contributed by atoms with Crippen LogP contribution in [0.5, 0.6) is 0 Å².